The van der Waals surface area contributed by atoms with E-state index in [2.05, 4.69) is 4.98 Å². The van der Waals surface area contributed by atoms with Crippen molar-refractivity contribution < 1.29 is 26.7 Å². The smallest absolute Gasteiger partial charge is 0.365 e. The third-order valence-corrected chi connectivity index (χ3v) is 7.06. The number of benzene rings is 1. The van der Waals surface area contributed by atoms with E-state index in [1.54, 1.807) is 12.1 Å². The fourth-order valence-corrected chi connectivity index (χ4v) is 5.26. The van der Waals surface area contributed by atoms with Gasteiger partial charge >= 0.3 is 6.18 Å². The topological polar surface area (TPSA) is 49.1 Å². The van der Waals surface area contributed by atoms with Gasteiger partial charge in [-0.15, -0.1) is 11.3 Å². The first-order valence-electron chi connectivity index (χ1n) is 9.84. The summed E-state index contributed by atoms with van der Waals surface area (Å²) in [5.74, 6) is -2.91. The molecule has 1 aromatic carbocycles. The molecule has 1 aromatic heterocycles. The molecule has 1 unspecified atom stereocenters. The van der Waals surface area contributed by atoms with Crippen LogP contribution in [0.4, 0.5) is 22.0 Å². The normalized spacial score (nSPS) is 25.9. The molecular formula is C21H20F5N3OS. The number of thiazole rings is 1. The van der Waals surface area contributed by atoms with E-state index >= 15 is 0 Å². The number of alkyl halides is 5. The zero-order chi connectivity index (χ0) is 22.3. The average Bonchev–Trinajstić information content (AvgIpc) is 3.34. The van der Waals surface area contributed by atoms with E-state index in [9.17, 15) is 22.0 Å². The summed E-state index contributed by atoms with van der Waals surface area (Å²) in [7, 11) is 0. The van der Waals surface area contributed by atoms with Crippen molar-refractivity contribution in [3.63, 3.8) is 0 Å². The molecule has 4 rings (SSSR count). The van der Waals surface area contributed by atoms with E-state index in [1.807, 2.05) is 23.1 Å². The van der Waals surface area contributed by atoms with Gasteiger partial charge in [-0.25, -0.2) is 13.8 Å². The molecule has 2 atom stereocenters. The summed E-state index contributed by atoms with van der Waals surface area (Å²) >= 11 is 0.585. The number of hydrogen-bond acceptors (Lipinski definition) is 5. The SMILES string of the molecule is N#Cc1ccc(CC[C@@]2(C3OCC3(F)F)CCN(Cc3ncc(C(F)(F)F)s3)C2)cc1. The van der Waals surface area contributed by atoms with Crippen LogP contribution in [0.15, 0.2) is 30.5 Å². The van der Waals surface area contributed by atoms with Gasteiger partial charge < -0.3 is 4.74 Å². The molecular weight excluding hydrogens is 437 g/mol. The van der Waals surface area contributed by atoms with Gasteiger partial charge in [0.05, 0.1) is 24.4 Å². The number of likely N-dealkylation sites (tertiary alicyclic amines) is 1. The van der Waals surface area contributed by atoms with Crippen LogP contribution in [0.5, 0.6) is 0 Å². The number of hydrogen-bond donors (Lipinski definition) is 0. The number of rotatable bonds is 6. The van der Waals surface area contributed by atoms with Gasteiger partial charge in [0.1, 0.15) is 22.6 Å². The lowest BCUT2D eigenvalue weighted by Crippen LogP contribution is -2.61. The minimum atomic E-state index is -4.44. The Morgan fingerprint density at radius 2 is 2.00 bits per heavy atom. The molecule has 0 bridgehead atoms. The van der Waals surface area contributed by atoms with Crippen LogP contribution in [-0.4, -0.2) is 41.6 Å². The largest absolute Gasteiger partial charge is 0.427 e. The number of aryl methyl sites for hydroxylation is 1. The van der Waals surface area contributed by atoms with Crippen LogP contribution in [0.1, 0.15) is 33.9 Å². The molecule has 0 amide bonds. The van der Waals surface area contributed by atoms with Gasteiger partial charge in [0, 0.05) is 12.0 Å². The molecule has 2 fully saturated rings. The summed E-state index contributed by atoms with van der Waals surface area (Å²) in [5, 5.41) is 9.23. The summed E-state index contributed by atoms with van der Waals surface area (Å²) in [6.45, 7) is 0.393. The van der Waals surface area contributed by atoms with Crippen molar-refractivity contribution in [1.29, 1.82) is 5.26 Å². The molecule has 166 valence electrons. The van der Waals surface area contributed by atoms with Crippen molar-refractivity contribution in [2.24, 2.45) is 5.41 Å². The summed E-state index contributed by atoms with van der Waals surface area (Å²) in [4.78, 5) is 4.99. The van der Waals surface area contributed by atoms with Crippen molar-refractivity contribution in [2.75, 3.05) is 19.7 Å². The maximum Gasteiger partial charge on any atom is 0.427 e. The molecule has 0 aliphatic carbocycles. The first kappa shape index (κ1) is 22.1. The lowest BCUT2D eigenvalue weighted by Gasteiger charge is -2.48. The molecule has 0 spiro atoms. The zero-order valence-corrected chi connectivity index (χ0v) is 17.3. The molecule has 4 nitrogen and oxygen atoms in total. The summed E-state index contributed by atoms with van der Waals surface area (Å²) < 4.78 is 72.4. The first-order valence-corrected chi connectivity index (χ1v) is 10.7. The van der Waals surface area contributed by atoms with Crippen LogP contribution >= 0.6 is 11.3 Å². The maximum atomic E-state index is 14.3. The number of aromatic nitrogens is 1. The number of nitriles is 1. The maximum absolute atomic E-state index is 14.3. The first-order chi connectivity index (χ1) is 14.6. The third kappa shape index (κ3) is 4.59. The van der Waals surface area contributed by atoms with Gasteiger partial charge in [-0.2, -0.15) is 18.4 Å². The van der Waals surface area contributed by atoms with E-state index in [0.29, 0.717) is 54.3 Å². The Morgan fingerprint density at radius 1 is 1.26 bits per heavy atom. The minimum absolute atomic E-state index is 0.192. The van der Waals surface area contributed by atoms with Crippen LogP contribution in [0.2, 0.25) is 0 Å². The molecule has 0 saturated carbocycles. The Kier molecular flexibility index (Phi) is 5.79. The quantitative estimate of drug-likeness (QED) is 0.580. The molecule has 3 heterocycles. The highest BCUT2D eigenvalue weighted by Crippen LogP contribution is 2.50. The highest BCUT2D eigenvalue weighted by molar-refractivity contribution is 7.11. The van der Waals surface area contributed by atoms with E-state index in [4.69, 9.17) is 10.00 Å². The van der Waals surface area contributed by atoms with E-state index in [1.165, 1.54) is 0 Å². The Labute approximate surface area is 180 Å². The zero-order valence-electron chi connectivity index (χ0n) is 16.5. The predicted octanol–water partition coefficient (Wildman–Crippen LogP) is 4.89. The number of halogens is 5. The fraction of sp³-hybridized carbons (Fsp3) is 0.524. The number of nitrogens with zero attached hydrogens (tertiary/aromatic N) is 3. The Morgan fingerprint density at radius 3 is 2.55 bits per heavy atom. The summed E-state index contributed by atoms with van der Waals surface area (Å²) in [5.41, 5.74) is 0.676. The molecule has 0 N–H and O–H groups in total. The highest BCUT2D eigenvalue weighted by Gasteiger charge is 2.61. The van der Waals surface area contributed by atoms with Crippen molar-refractivity contribution in [3.05, 3.63) is 51.5 Å². The van der Waals surface area contributed by atoms with Gasteiger partial charge in [0.2, 0.25) is 0 Å². The van der Waals surface area contributed by atoms with Gasteiger partial charge in [-0.1, -0.05) is 12.1 Å². The van der Waals surface area contributed by atoms with Crippen LogP contribution in [0.25, 0.3) is 0 Å². The van der Waals surface area contributed by atoms with E-state index < -0.39 is 35.1 Å². The molecule has 0 radical (unpaired) electrons. The molecule has 2 aliphatic heterocycles. The summed E-state index contributed by atoms with van der Waals surface area (Å²) in [6.07, 6.45) is -3.34. The van der Waals surface area contributed by atoms with Crippen molar-refractivity contribution in [1.82, 2.24) is 9.88 Å². The lowest BCUT2D eigenvalue weighted by atomic mass is 9.72. The Hall–Kier alpha value is -2.09. The van der Waals surface area contributed by atoms with Crippen LogP contribution < -0.4 is 0 Å². The summed E-state index contributed by atoms with van der Waals surface area (Å²) in [6, 6.07) is 9.05. The predicted molar refractivity (Wildman–Crippen MR) is 104 cm³/mol. The second-order valence-corrected chi connectivity index (χ2v) is 9.32. The van der Waals surface area contributed by atoms with Crippen LogP contribution in [-0.2, 0) is 23.9 Å². The Bertz CT molecular complexity index is 969. The van der Waals surface area contributed by atoms with Gasteiger partial charge in [0.15, 0.2) is 0 Å². The minimum Gasteiger partial charge on any atom is -0.365 e. The van der Waals surface area contributed by atoms with Crippen LogP contribution in [0, 0.1) is 16.7 Å². The van der Waals surface area contributed by atoms with Crippen molar-refractivity contribution >= 4 is 11.3 Å². The molecule has 2 saturated heterocycles. The van der Waals surface area contributed by atoms with Crippen LogP contribution in [0.3, 0.4) is 0 Å². The molecule has 31 heavy (non-hydrogen) atoms. The Balaban J connectivity index is 1.47. The second-order valence-electron chi connectivity index (χ2n) is 8.20. The molecule has 2 aliphatic rings. The standard InChI is InChI=1S/C21H20F5N3OS/c22-20(23)13-30-18(20)19(6-5-14-1-3-15(9-27)4-2-14)7-8-29(12-19)11-17-28-10-16(31-17)21(24,25)26/h1-4,10,18H,5-8,11-13H2/t18?,19-/m1/s1. The highest BCUT2D eigenvalue weighted by atomic mass is 32.1. The van der Waals surface area contributed by atoms with Crippen molar-refractivity contribution in [3.8, 4) is 6.07 Å². The van der Waals surface area contributed by atoms with E-state index in [-0.39, 0.29) is 6.54 Å². The van der Waals surface area contributed by atoms with E-state index in [0.717, 1.165) is 11.8 Å². The van der Waals surface area contributed by atoms with Gasteiger partial charge in [-0.3, -0.25) is 4.90 Å². The monoisotopic (exact) mass is 457 g/mol. The molecule has 10 heteroatoms. The number of ether oxygens (including phenoxy) is 1. The van der Waals surface area contributed by atoms with Gasteiger partial charge in [0.25, 0.3) is 5.92 Å². The van der Waals surface area contributed by atoms with Crippen molar-refractivity contribution in [2.45, 2.75) is 44.0 Å². The average molecular weight is 457 g/mol. The van der Waals surface area contributed by atoms with Gasteiger partial charge in [-0.05, 0) is 43.5 Å². The molecule has 2 aromatic rings. The fourth-order valence-electron chi connectivity index (χ4n) is 4.43. The third-order valence-electron chi connectivity index (χ3n) is 6.03. The second kappa shape index (κ2) is 8.11. The lowest BCUT2D eigenvalue weighted by molar-refractivity contribution is -0.301.